The maximum atomic E-state index is 12.9. The monoisotopic (exact) mass is 277 g/mol. The molecule has 6 nitrogen and oxygen atoms in total. The van der Waals surface area contributed by atoms with Gasteiger partial charge in [0.05, 0.1) is 11.9 Å². The van der Waals surface area contributed by atoms with E-state index in [4.69, 9.17) is 5.11 Å². The molecule has 2 aromatic rings. The fourth-order valence-corrected chi connectivity index (χ4v) is 1.60. The Hall–Kier alpha value is -2.57. The second kappa shape index (κ2) is 5.20. The second-order valence-electron chi connectivity index (χ2n) is 4.49. The first-order valence-electron chi connectivity index (χ1n) is 5.89. The molecule has 0 unspecified atom stereocenters. The standard InChI is InChI=1S/C13H12FN3O3/c1-7(2)10-5-9(13(19)20)12(18)17(16-10)11-4-3-8(14)6-15-11/h3-7H,1-2H3,(H,19,20). The third kappa shape index (κ3) is 2.56. The van der Waals surface area contributed by atoms with Crippen molar-refractivity contribution in [3.8, 4) is 5.82 Å². The van der Waals surface area contributed by atoms with E-state index < -0.39 is 22.9 Å². The van der Waals surface area contributed by atoms with Gasteiger partial charge in [-0.2, -0.15) is 9.78 Å². The lowest BCUT2D eigenvalue weighted by atomic mass is 10.1. The van der Waals surface area contributed by atoms with Crippen LogP contribution in [-0.2, 0) is 0 Å². The van der Waals surface area contributed by atoms with Gasteiger partial charge >= 0.3 is 5.97 Å². The maximum Gasteiger partial charge on any atom is 0.341 e. The number of halogens is 1. The summed E-state index contributed by atoms with van der Waals surface area (Å²) < 4.78 is 13.7. The van der Waals surface area contributed by atoms with Gasteiger partial charge in [0.2, 0.25) is 0 Å². The van der Waals surface area contributed by atoms with E-state index in [2.05, 4.69) is 10.1 Å². The summed E-state index contributed by atoms with van der Waals surface area (Å²) in [6.45, 7) is 3.64. The van der Waals surface area contributed by atoms with Crippen LogP contribution < -0.4 is 5.56 Å². The van der Waals surface area contributed by atoms with Crippen LogP contribution in [0.25, 0.3) is 5.82 Å². The maximum absolute atomic E-state index is 12.9. The largest absolute Gasteiger partial charge is 0.477 e. The van der Waals surface area contributed by atoms with Gasteiger partial charge in [-0.1, -0.05) is 13.8 Å². The number of aromatic nitrogens is 3. The van der Waals surface area contributed by atoms with Gasteiger partial charge in [-0.15, -0.1) is 0 Å². The molecule has 0 saturated carbocycles. The molecule has 0 saturated heterocycles. The molecular weight excluding hydrogens is 265 g/mol. The molecule has 20 heavy (non-hydrogen) atoms. The Labute approximate surface area is 113 Å². The number of carboxylic acid groups (broad SMARTS) is 1. The molecule has 2 rings (SSSR count). The van der Waals surface area contributed by atoms with Gasteiger partial charge in [0.1, 0.15) is 11.4 Å². The van der Waals surface area contributed by atoms with Crippen LogP contribution in [0, 0.1) is 5.82 Å². The van der Waals surface area contributed by atoms with E-state index in [1.165, 1.54) is 12.1 Å². The highest BCUT2D eigenvalue weighted by molar-refractivity contribution is 5.87. The Bertz CT molecular complexity index is 708. The zero-order valence-electron chi connectivity index (χ0n) is 10.9. The molecule has 0 aliphatic carbocycles. The summed E-state index contributed by atoms with van der Waals surface area (Å²) in [6.07, 6.45) is 0.936. The molecule has 0 spiro atoms. The number of hydrogen-bond donors (Lipinski definition) is 1. The fourth-order valence-electron chi connectivity index (χ4n) is 1.60. The van der Waals surface area contributed by atoms with Crippen LogP contribution in [0.1, 0.15) is 35.8 Å². The van der Waals surface area contributed by atoms with Gasteiger partial charge in [-0.05, 0) is 24.1 Å². The van der Waals surface area contributed by atoms with Crippen LogP contribution in [0.4, 0.5) is 4.39 Å². The number of rotatable bonds is 3. The number of pyridine rings is 1. The van der Waals surface area contributed by atoms with Crippen LogP contribution in [-0.4, -0.2) is 25.8 Å². The van der Waals surface area contributed by atoms with Crippen molar-refractivity contribution in [2.45, 2.75) is 19.8 Å². The van der Waals surface area contributed by atoms with E-state index in [1.54, 1.807) is 0 Å². The van der Waals surface area contributed by atoms with Crippen molar-refractivity contribution in [2.24, 2.45) is 0 Å². The lowest BCUT2D eigenvalue weighted by molar-refractivity contribution is 0.0694. The lowest BCUT2D eigenvalue weighted by Gasteiger charge is -2.10. The predicted molar refractivity (Wildman–Crippen MR) is 68.6 cm³/mol. The van der Waals surface area contributed by atoms with Gasteiger partial charge in [-0.25, -0.2) is 14.2 Å². The molecule has 0 bridgehead atoms. The average Bonchev–Trinajstić information content (AvgIpc) is 2.39. The van der Waals surface area contributed by atoms with Crippen molar-refractivity contribution in [3.63, 3.8) is 0 Å². The highest BCUT2D eigenvalue weighted by atomic mass is 19.1. The highest BCUT2D eigenvalue weighted by Gasteiger charge is 2.17. The molecule has 7 heteroatoms. The molecule has 0 atom stereocenters. The summed E-state index contributed by atoms with van der Waals surface area (Å²) in [6, 6.07) is 3.63. The van der Waals surface area contributed by atoms with Gasteiger partial charge in [0.25, 0.3) is 5.56 Å². The lowest BCUT2D eigenvalue weighted by Crippen LogP contribution is -2.29. The van der Waals surface area contributed by atoms with Gasteiger partial charge in [0, 0.05) is 0 Å². The van der Waals surface area contributed by atoms with E-state index in [1.807, 2.05) is 13.8 Å². The van der Waals surface area contributed by atoms with Crippen molar-refractivity contribution in [1.29, 1.82) is 0 Å². The molecule has 2 heterocycles. The zero-order chi connectivity index (χ0) is 14.9. The van der Waals surface area contributed by atoms with E-state index in [-0.39, 0.29) is 11.7 Å². The zero-order valence-corrected chi connectivity index (χ0v) is 10.9. The summed E-state index contributed by atoms with van der Waals surface area (Å²) in [7, 11) is 0. The minimum Gasteiger partial charge on any atom is -0.477 e. The fraction of sp³-hybridized carbons (Fsp3) is 0.231. The SMILES string of the molecule is CC(C)c1cc(C(=O)O)c(=O)n(-c2ccc(F)cn2)n1. The van der Waals surface area contributed by atoms with E-state index in [9.17, 15) is 14.0 Å². The molecule has 0 aliphatic heterocycles. The van der Waals surface area contributed by atoms with Crippen LogP contribution in [0.5, 0.6) is 0 Å². The van der Waals surface area contributed by atoms with E-state index in [0.29, 0.717) is 5.69 Å². The molecule has 0 aromatic carbocycles. The summed E-state index contributed by atoms with van der Waals surface area (Å²) in [5, 5.41) is 13.1. The first-order valence-corrected chi connectivity index (χ1v) is 5.89. The molecule has 1 N–H and O–H groups in total. The van der Waals surface area contributed by atoms with Gasteiger partial charge in [0.15, 0.2) is 5.82 Å². The van der Waals surface area contributed by atoms with Crippen molar-refractivity contribution >= 4 is 5.97 Å². The number of aromatic carboxylic acids is 1. The molecule has 0 radical (unpaired) electrons. The van der Waals surface area contributed by atoms with Crippen LogP contribution in [0.3, 0.4) is 0 Å². The molecule has 104 valence electrons. The normalized spacial score (nSPS) is 10.8. The van der Waals surface area contributed by atoms with Crippen molar-refractivity contribution in [1.82, 2.24) is 14.8 Å². The summed E-state index contributed by atoms with van der Waals surface area (Å²) >= 11 is 0. The third-order valence-electron chi connectivity index (χ3n) is 2.68. The van der Waals surface area contributed by atoms with Crippen LogP contribution in [0.15, 0.2) is 29.2 Å². The third-order valence-corrected chi connectivity index (χ3v) is 2.68. The quantitative estimate of drug-likeness (QED) is 0.920. The van der Waals surface area contributed by atoms with E-state index >= 15 is 0 Å². The molecular formula is C13H12FN3O3. The first-order chi connectivity index (χ1) is 9.40. The highest BCUT2D eigenvalue weighted by Crippen LogP contribution is 2.12. The molecule has 0 fully saturated rings. The first kappa shape index (κ1) is 13.9. The second-order valence-corrected chi connectivity index (χ2v) is 4.49. The summed E-state index contributed by atoms with van der Waals surface area (Å²) in [5.41, 5.74) is -0.760. The Morgan fingerprint density at radius 2 is 2.10 bits per heavy atom. The Morgan fingerprint density at radius 3 is 2.60 bits per heavy atom. The van der Waals surface area contributed by atoms with Crippen molar-refractivity contribution in [3.05, 3.63) is 51.8 Å². The van der Waals surface area contributed by atoms with E-state index in [0.717, 1.165) is 16.9 Å². The summed E-state index contributed by atoms with van der Waals surface area (Å²) in [5.74, 6) is -1.89. The average molecular weight is 277 g/mol. The summed E-state index contributed by atoms with van der Waals surface area (Å²) in [4.78, 5) is 26.9. The molecule has 2 aromatic heterocycles. The van der Waals surface area contributed by atoms with Crippen molar-refractivity contribution < 1.29 is 14.3 Å². The van der Waals surface area contributed by atoms with Crippen LogP contribution in [0.2, 0.25) is 0 Å². The minimum absolute atomic E-state index is 0.0691. The van der Waals surface area contributed by atoms with Gasteiger partial charge < -0.3 is 5.11 Å². The number of carbonyl (C=O) groups is 1. The minimum atomic E-state index is -1.34. The Morgan fingerprint density at radius 1 is 1.40 bits per heavy atom. The topological polar surface area (TPSA) is 85.1 Å². The van der Waals surface area contributed by atoms with Gasteiger partial charge in [-0.3, -0.25) is 4.79 Å². The predicted octanol–water partition coefficient (Wildman–Crippen LogP) is 1.59. The van der Waals surface area contributed by atoms with Crippen LogP contribution >= 0.6 is 0 Å². The Balaban J connectivity index is 2.71. The smallest absolute Gasteiger partial charge is 0.341 e. The molecule has 0 aliphatic rings. The number of hydrogen-bond acceptors (Lipinski definition) is 4. The Kier molecular flexibility index (Phi) is 3.60. The number of nitrogens with zero attached hydrogens (tertiary/aromatic N) is 3. The number of carboxylic acids is 1. The van der Waals surface area contributed by atoms with Crippen molar-refractivity contribution in [2.75, 3.05) is 0 Å². The molecule has 0 amide bonds.